The van der Waals surface area contributed by atoms with Crippen molar-refractivity contribution < 1.29 is 14.0 Å². The summed E-state index contributed by atoms with van der Waals surface area (Å²) in [5.41, 5.74) is 0.0829. The maximum absolute atomic E-state index is 5.95. The van der Waals surface area contributed by atoms with Crippen molar-refractivity contribution in [3.05, 3.63) is 11.8 Å². The van der Waals surface area contributed by atoms with E-state index in [4.69, 9.17) is 14.0 Å². The minimum atomic E-state index is -0.425. The SMILES string of the molecule is COC1C=NC(B2OC(C)(C)C(C)(C)O2)=CN1C. The van der Waals surface area contributed by atoms with E-state index in [9.17, 15) is 0 Å². The molecule has 0 amide bonds. The van der Waals surface area contributed by atoms with Gasteiger partial charge in [0.05, 0.1) is 23.0 Å². The van der Waals surface area contributed by atoms with Gasteiger partial charge in [-0.1, -0.05) is 0 Å². The van der Waals surface area contributed by atoms with Crippen LogP contribution < -0.4 is 0 Å². The van der Waals surface area contributed by atoms with Crippen molar-refractivity contribution in [1.82, 2.24) is 4.90 Å². The van der Waals surface area contributed by atoms with E-state index >= 15 is 0 Å². The average molecular weight is 252 g/mol. The van der Waals surface area contributed by atoms with E-state index in [1.165, 1.54) is 0 Å². The molecule has 2 aliphatic rings. The highest BCUT2D eigenvalue weighted by Crippen LogP contribution is 2.39. The van der Waals surface area contributed by atoms with Crippen LogP contribution in [0.2, 0.25) is 0 Å². The molecule has 6 heteroatoms. The fourth-order valence-electron chi connectivity index (χ4n) is 1.88. The van der Waals surface area contributed by atoms with Crippen molar-refractivity contribution >= 4 is 13.3 Å². The summed E-state index contributed by atoms with van der Waals surface area (Å²) in [6.07, 6.45) is 3.52. The second-order valence-electron chi connectivity index (χ2n) is 5.71. The van der Waals surface area contributed by atoms with E-state index in [-0.39, 0.29) is 17.4 Å². The molecule has 2 aliphatic heterocycles. The summed E-state index contributed by atoms with van der Waals surface area (Å²) in [6, 6.07) is 0. The Morgan fingerprint density at radius 1 is 1.28 bits per heavy atom. The molecule has 0 aromatic heterocycles. The Kier molecular flexibility index (Phi) is 3.29. The molecular formula is C12H21BN2O3. The quantitative estimate of drug-likeness (QED) is 0.697. The second-order valence-corrected chi connectivity index (χ2v) is 5.71. The van der Waals surface area contributed by atoms with E-state index < -0.39 is 7.12 Å². The van der Waals surface area contributed by atoms with Crippen LogP contribution in [0.1, 0.15) is 27.7 Å². The average Bonchev–Trinajstić information content (AvgIpc) is 2.48. The Morgan fingerprint density at radius 2 is 1.83 bits per heavy atom. The molecule has 5 nitrogen and oxygen atoms in total. The lowest BCUT2D eigenvalue weighted by atomic mass is 9.85. The standard InChI is InChI=1S/C12H21BN2O3/c1-11(2)12(3,4)18-13(17-11)9-8-15(5)10(16-6)7-14-9/h7-8,10H,1-6H3. The highest BCUT2D eigenvalue weighted by molar-refractivity contribution is 6.54. The molecule has 1 unspecified atom stereocenters. The second kappa shape index (κ2) is 4.37. The summed E-state index contributed by atoms with van der Waals surface area (Å²) in [7, 11) is 3.16. The van der Waals surface area contributed by atoms with Crippen LogP contribution in [0.25, 0.3) is 0 Å². The summed E-state index contributed by atoms with van der Waals surface area (Å²) < 4.78 is 17.1. The Morgan fingerprint density at radius 3 is 2.28 bits per heavy atom. The lowest BCUT2D eigenvalue weighted by Gasteiger charge is -2.32. The Labute approximate surface area is 109 Å². The zero-order valence-corrected chi connectivity index (χ0v) is 11.9. The minimum Gasteiger partial charge on any atom is -0.398 e. The monoisotopic (exact) mass is 252 g/mol. The highest BCUT2D eigenvalue weighted by atomic mass is 16.7. The minimum absolute atomic E-state index is 0.129. The molecule has 1 atom stereocenters. The molecule has 0 aliphatic carbocycles. The van der Waals surface area contributed by atoms with Crippen molar-refractivity contribution in [3.8, 4) is 0 Å². The third-order valence-electron chi connectivity index (χ3n) is 3.82. The molecule has 2 rings (SSSR count). The van der Waals surface area contributed by atoms with Crippen molar-refractivity contribution in [2.24, 2.45) is 4.99 Å². The van der Waals surface area contributed by atoms with Crippen LogP contribution in [-0.2, 0) is 14.0 Å². The zero-order chi connectivity index (χ0) is 13.6. The Bertz CT molecular complexity index is 377. The van der Waals surface area contributed by atoms with Crippen LogP contribution in [0, 0.1) is 0 Å². The fraction of sp³-hybridized carbons (Fsp3) is 0.750. The van der Waals surface area contributed by atoms with Gasteiger partial charge in [-0.2, -0.15) is 0 Å². The van der Waals surface area contributed by atoms with Gasteiger partial charge in [-0.05, 0) is 27.7 Å². The lowest BCUT2D eigenvalue weighted by Crippen LogP contribution is -2.41. The molecule has 100 valence electrons. The molecule has 2 heterocycles. The number of nitrogens with zero attached hydrogens (tertiary/aromatic N) is 2. The fourth-order valence-corrected chi connectivity index (χ4v) is 1.88. The van der Waals surface area contributed by atoms with Crippen LogP contribution in [0.5, 0.6) is 0 Å². The van der Waals surface area contributed by atoms with Crippen molar-refractivity contribution in [3.63, 3.8) is 0 Å². The van der Waals surface area contributed by atoms with Gasteiger partial charge in [0.2, 0.25) is 0 Å². The third kappa shape index (κ3) is 2.20. The largest absolute Gasteiger partial charge is 0.516 e. The van der Waals surface area contributed by atoms with Crippen LogP contribution in [0.3, 0.4) is 0 Å². The summed E-state index contributed by atoms with van der Waals surface area (Å²) in [6.45, 7) is 8.12. The van der Waals surface area contributed by atoms with Gasteiger partial charge >= 0.3 is 7.12 Å². The van der Waals surface area contributed by atoms with Crippen molar-refractivity contribution in [2.75, 3.05) is 14.2 Å². The Hall–Kier alpha value is -0.845. The molecule has 0 bridgehead atoms. The van der Waals surface area contributed by atoms with Gasteiger partial charge in [-0.3, -0.25) is 4.99 Å². The molecule has 0 aromatic carbocycles. The maximum Gasteiger partial charge on any atom is 0.516 e. The third-order valence-corrected chi connectivity index (χ3v) is 3.82. The number of hydrogen-bond acceptors (Lipinski definition) is 5. The van der Waals surface area contributed by atoms with Crippen molar-refractivity contribution in [2.45, 2.75) is 45.1 Å². The van der Waals surface area contributed by atoms with E-state index in [1.807, 2.05) is 45.8 Å². The normalized spacial score (nSPS) is 29.7. The predicted octanol–water partition coefficient (Wildman–Crippen LogP) is 1.45. The summed E-state index contributed by atoms with van der Waals surface area (Å²) >= 11 is 0. The van der Waals surface area contributed by atoms with Gasteiger partial charge in [0.1, 0.15) is 0 Å². The molecule has 1 fully saturated rings. The summed E-state index contributed by atoms with van der Waals surface area (Å²) in [5, 5.41) is 0. The molecule has 0 N–H and O–H groups in total. The van der Waals surface area contributed by atoms with Crippen LogP contribution in [-0.4, -0.2) is 49.8 Å². The molecule has 0 spiro atoms. The first-order valence-electron chi connectivity index (χ1n) is 6.13. The number of rotatable bonds is 2. The predicted molar refractivity (Wildman–Crippen MR) is 71.2 cm³/mol. The van der Waals surface area contributed by atoms with Crippen LogP contribution in [0.15, 0.2) is 16.8 Å². The first-order valence-corrected chi connectivity index (χ1v) is 6.13. The summed E-state index contributed by atoms with van der Waals surface area (Å²) in [4.78, 5) is 6.30. The number of aliphatic imine (C=N–C) groups is 1. The van der Waals surface area contributed by atoms with E-state index in [0.29, 0.717) is 0 Å². The zero-order valence-electron chi connectivity index (χ0n) is 11.9. The van der Waals surface area contributed by atoms with Gasteiger partial charge in [-0.25, -0.2) is 0 Å². The molecule has 0 radical (unpaired) electrons. The molecular weight excluding hydrogens is 231 g/mol. The first kappa shape index (κ1) is 13.6. The van der Waals surface area contributed by atoms with Gasteiger partial charge in [-0.15, -0.1) is 0 Å². The highest BCUT2D eigenvalue weighted by Gasteiger charge is 2.53. The van der Waals surface area contributed by atoms with Gasteiger partial charge in [0.25, 0.3) is 0 Å². The van der Waals surface area contributed by atoms with Crippen LogP contribution >= 0.6 is 0 Å². The van der Waals surface area contributed by atoms with E-state index in [1.54, 1.807) is 13.3 Å². The number of hydrogen-bond donors (Lipinski definition) is 0. The van der Waals surface area contributed by atoms with Crippen molar-refractivity contribution in [1.29, 1.82) is 0 Å². The molecule has 1 saturated heterocycles. The lowest BCUT2D eigenvalue weighted by molar-refractivity contribution is 0.00578. The smallest absolute Gasteiger partial charge is 0.398 e. The Balaban J connectivity index is 2.15. The summed E-state index contributed by atoms with van der Waals surface area (Å²) in [5.74, 6) is 0. The molecule has 0 aromatic rings. The number of methoxy groups -OCH3 is 1. The number of ether oxygens (including phenoxy) is 1. The van der Waals surface area contributed by atoms with Gasteiger partial charge in [0, 0.05) is 20.4 Å². The topological polar surface area (TPSA) is 43.3 Å². The van der Waals surface area contributed by atoms with Gasteiger partial charge in [0.15, 0.2) is 6.23 Å². The van der Waals surface area contributed by atoms with Gasteiger partial charge < -0.3 is 18.9 Å². The van der Waals surface area contributed by atoms with E-state index in [2.05, 4.69) is 4.99 Å². The molecule has 18 heavy (non-hydrogen) atoms. The maximum atomic E-state index is 5.95. The molecule has 0 saturated carbocycles. The first-order chi connectivity index (χ1) is 8.27. The van der Waals surface area contributed by atoms with Crippen LogP contribution in [0.4, 0.5) is 0 Å². The van der Waals surface area contributed by atoms with E-state index in [0.717, 1.165) is 5.60 Å².